The Morgan fingerprint density at radius 2 is 1.85 bits per heavy atom. The molecular weight excluding hydrogens is 462 g/mol. The van der Waals surface area contributed by atoms with Crippen molar-refractivity contribution in [1.29, 1.82) is 0 Å². The first-order valence-corrected chi connectivity index (χ1v) is 12.5. The van der Waals surface area contributed by atoms with E-state index in [9.17, 15) is 8.42 Å². The lowest BCUT2D eigenvalue weighted by molar-refractivity contribution is 0.217. The van der Waals surface area contributed by atoms with Crippen molar-refractivity contribution in [2.24, 2.45) is 0 Å². The van der Waals surface area contributed by atoms with E-state index in [1.807, 2.05) is 43.4 Å². The molecule has 0 saturated heterocycles. The predicted molar refractivity (Wildman–Crippen MR) is 129 cm³/mol. The Morgan fingerprint density at radius 1 is 1.09 bits per heavy atom. The van der Waals surface area contributed by atoms with Crippen molar-refractivity contribution in [3.63, 3.8) is 0 Å². The average Bonchev–Trinajstić information content (AvgIpc) is 2.79. The minimum absolute atomic E-state index is 0.104. The first kappa shape index (κ1) is 23.4. The number of pyridine rings is 1. The van der Waals surface area contributed by atoms with Crippen LogP contribution in [0.3, 0.4) is 0 Å². The summed E-state index contributed by atoms with van der Waals surface area (Å²) < 4.78 is 40.6. The molecule has 33 heavy (non-hydrogen) atoms. The maximum atomic E-state index is 13.2. The minimum atomic E-state index is -3.92. The third-order valence-electron chi connectivity index (χ3n) is 5.42. The molecule has 0 aliphatic carbocycles. The summed E-state index contributed by atoms with van der Waals surface area (Å²) in [5.74, 6) is 1.27. The summed E-state index contributed by atoms with van der Waals surface area (Å²) >= 11 is 6.15. The summed E-state index contributed by atoms with van der Waals surface area (Å²) in [6.45, 7) is 3.78. The van der Waals surface area contributed by atoms with Crippen molar-refractivity contribution in [2.45, 2.75) is 24.8 Å². The fourth-order valence-electron chi connectivity index (χ4n) is 3.66. The van der Waals surface area contributed by atoms with E-state index in [0.717, 1.165) is 36.5 Å². The van der Waals surface area contributed by atoms with Crippen LogP contribution in [0.5, 0.6) is 11.5 Å². The van der Waals surface area contributed by atoms with Crippen LogP contribution in [0, 0.1) is 6.92 Å². The molecule has 7 nitrogen and oxygen atoms in total. The molecule has 0 fully saturated rings. The molecule has 0 saturated carbocycles. The zero-order valence-corrected chi connectivity index (χ0v) is 20.1. The Hall–Kier alpha value is -2.81. The van der Waals surface area contributed by atoms with Gasteiger partial charge in [0.1, 0.15) is 19.0 Å². The molecule has 0 radical (unpaired) electrons. The third kappa shape index (κ3) is 5.58. The third-order valence-corrected chi connectivity index (χ3v) is 7.31. The first-order chi connectivity index (χ1) is 15.8. The van der Waals surface area contributed by atoms with Crippen LogP contribution in [0.25, 0.3) is 0 Å². The summed E-state index contributed by atoms with van der Waals surface area (Å²) in [6, 6.07) is 16.1. The fourth-order valence-corrected chi connectivity index (χ4v) is 5.18. The zero-order valence-electron chi connectivity index (χ0n) is 18.5. The van der Waals surface area contributed by atoms with Gasteiger partial charge in [0.15, 0.2) is 11.6 Å². The van der Waals surface area contributed by atoms with Crippen LogP contribution in [0.4, 0.5) is 5.82 Å². The molecule has 0 bridgehead atoms. The lowest BCUT2D eigenvalue weighted by Gasteiger charge is -2.26. The van der Waals surface area contributed by atoms with Gasteiger partial charge in [0.2, 0.25) is 0 Å². The van der Waals surface area contributed by atoms with E-state index < -0.39 is 10.0 Å². The van der Waals surface area contributed by atoms with Gasteiger partial charge in [-0.2, -0.15) is 0 Å². The normalized spacial score (nSPS) is 13.9. The van der Waals surface area contributed by atoms with Gasteiger partial charge in [-0.05, 0) is 55.4 Å². The lowest BCUT2D eigenvalue weighted by atomic mass is 10.1. The van der Waals surface area contributed by atoms with Gasteiger partial charge in [-0.25, -0.2) is 13.4 Å². The summed E-state index contributed by atoms with van der Waals surface area (Å²) in [4.78, 5) is 6.92. The second-order valence-corrected chi connectivity index (χ2v) is 9.97. The average molecular weight is 488 g/mol. The van der Waals surface area contributed by atoms with Crippen LogP contribution in [-0.2, 0) is 23.0 Å². The number of benzene rings is 2. The SMILES string of the molecule is Cc1c(Cl)cccc1S(=O)(=O)Nc1nc2c(cc1OCCOc1ccccc1)CN(C)CC2. The lowest BCUT2D eigenvalue weighted by Crippen LogP contribution is -2.28. The Balaban J connectivity index is 1.58. The Morgan fingerprint density at radius 3 is 2.64 bits per heavy atom. The zero-order chi connectivity index (χ0) is 23.4. The van der Waals surface area contributed by atoms with Crippen LogP contribution in [0.1, 0.15) is 16.8 Å². The predicted octanol–water partition coefficient (Wildman–Crippen LogP) is 4.29. The Kier molecular flexibility index (Phi) is 7.07. The highest BCUT2D eigenvalue weighted by atomic mass is 35.5. The molecule has 9 heteroatoms. The molecule has 0 spiro atoms. The number of nitrogens with one attached hydrogen (secondary N) is 1. The smallest absolute Gasteiger partial charge is 0.263 e. The number of anilines is 1. The largest absolute Gasteiger partial charge is 0.490 e. The number of likely N-dealkylation sites (N-methyl/N-ethyl adjacent to an activating group) is 1. The summed E-state index contributed by atoms with van der Waals surface area (Å²) in [5.41, 5.74) is 2.36. The molecule has 0 atom stereocenters. The van der Waals surface area contributed by atoms with E-state index in [0.29, 0.717) is 22.9 Å². The second-order valence-electron chi connectivity index (χ2n) is 7.91. The molecule has 1 aliphatic rings. The maximum Gasteiger partial charge on any atom is 0.263 e. The van der Waals surface area contributed by atoms with Gasteiger partial charge in [0, 0.05) is 30.2 Å². The van der Waals surface area contributed by atoms with Crippen LogP contribution in [0.15, 0.2) is 59.5 Å². The molecule has 0 unspecified atom stereocenters. The summed E-state index contributed by atoms with van der Waals surface area (Å²) in [5, 5.41) is 0.383. The van der Waals surface area contributed by atoms with Crippen LogP contribution in [-0.4, -0.2) is 45.1 Å². The fraction of sp³-hybridized carbons (Fsp3) is 0.292. The van der Waals surface area contributed by atoms with Crippen molar-refractivity contribution < 1.29 is 17.9 Å². The number of hydrogen-bond acceptors (Lipinski definition) is 6. The van der Waals surface area contributed by atoms with Gasteiger partial charge in [-0.15, -0.1) is 0 Å². The standard InChI is InChI=1S/C24H26ClN3O4S/c1-17-20(25)9-6-10-23(17)33(29,30)27-24-22(15-18-16-28(2)12-11-21(18)26-24)32-14-13-31-19-7-4-3-5-8-19/h3-10,15H,11-14,16H2,1-2H3,(H,26,27). The van der Waals surface area contributed by atoms with Gasteiger partial charge in [0.25, 0.3) is 10.0 Å². The van der Waals surface area contributed by atoms with Crippen molar-refractivity contribution in [1.82, 2.24) is 9.88 Å². The number of nitrogens with zero attached hydrogens (tertiary/aromatic N) is 2. The minimum Gasteiger partial charge on any atom is -0.490 e. The summed E-state index contributed by atoms with van der Waals surface area (Å²) in [7, 11) is -1.88. The molecule has 2 heterocycles. The number of sulfonamides is 1. The van der Waals surface area contributed by atoms with E-state index in [4.69, 9.17) is 21.1 Å². The number of rotatable bonds is 8. The number of ether oxygens (including phenoxy) is 2. The topological polar surface area (TPSA) is 80.8 Å². The van der Waals surface area contributed by atoms with Crippen molar-refractivity contribution in [2.75, 3.05) is 31.5 Å². The molecule has 4 rings (SSSR count). The van der Waals surface area contributed by atoms with Crippen molar-refractivity contribution in [3.05, 3.63) is 76.4 Å². The number of halogens is 1. The quantitative estimate of drug-likeness (QED) is 0.477. The van der Waals surface area contributed by atoms with Gasteiger partial charge < -0.3 is 14.4 Å². The number of para-hydroxylation sites is 1. The molecule has 2 aromatic carbocycles. The molecule has 3 aromatic rings. The van der Waals surface area contributed by atoms with Crippen LogP contribution >= 0.6 is 11.6 Å². The Labute approximate surface area is 199 Å². The van der Waals surface area contributed by atoms with Crippen LogP contribution < -0.4 is 14.2 Å². The molecule has 1 aromatic heterocycles. The number of fused-ring (bicyclic) bond motifs is 1. The second kappa shape index (κ2) is 9.99. The molecule has 0 amide bonds. The molecule has 1 aliphatic heterocycles. The molecule has 174 valence electrons. The molecule has 1 N–H and O–H groups in total. The number of aromatic nitrogens is 1. The van der Waals surface area contributed by atoms with Gasteiger partial charge in [0.05, 0.1) is 4.90 Å². The maximum absolute atomic E-state index is 13.2. The van der Waals surface area contributed by atoms with Gasteiger partial charge >= 0.3 is 0 Å². The van der Waals surface area contributed by atoms with E-state index >= 15 is 0 Å². The Bertz CT molecular complexity index is 1240. The highest BCUT2D eigenvalue weighted by molar-refractivity contribution is 7.92. The van der Waals surface area contributed by atoms with E-state index in [2.05, 4.69) is 14.6 Å². The summed E-state index contributed by atoms with van der Waals surface area (Å²) in [6.07, 6.45) is 0.730. The van der Waals surface area contributed by atoms with Gasteiger partial charge in [-0.3, -0.25) is 4.72 Å². The van der Waals surface area contributed by atoms with E-state index in [1.54, 1.807) is 19.1 Å². The van der Waals surface area contributed by atoms with E-state index in [1.165, 1.54) is 6.07 Å². The van der Waals surface area contributed by atoms with E-state index in [-0.39, 0.29) is 17.3 Å². The van der Waals surface area contributed by atoms with Crippen molar-refractivity contribution >= 4 is 27.4 Å². The monoisotopic (exact) mass is 487 g/mol. The van der Waals surface area contributed by atoms with Gasteiger partial charge in [-0.1, -0.05) is 35.9 Å². The highest BCUT2D eigenvalue weighted by Crippen LogP contribution is 2.31. The highest BCUT2D eigenvalue weighted by Gasteiger charge is 2.24. The van der Waals surface area contributed by atoms with Crippen molar-refractivity contribution in [3.8, 4) is 11.5 Å². The first-order valence-electron chi connectivity index (χ1n) is 10.6. The molecular formula is C24H26ClN3O4S. The number of hydrogen-bond donors (Lipinski definition) is 1. The van der Waals surface area contributed by atoms with Crippen LogP contribution in [0.2, 0.25) is 5.02 Å².